The van der Waals surface area contributed by atoms with Crippen molar-refractivity contribution in [3.05, 3.63) is 47.5 Å². The van der Waals surface area contributed by atoms with Gasteiger partial charge in [0.2, 0.25) is 12.1 Å². The number of hydrogen-bond acceptors (Lipinski definition) is 11. The molecule has 172 valence electrons. The maximum Gasteiger partial charge on any atom is 0.229 e. The first-order valence-electron chi connectivity index (χ1n) is 9.73. The number of phenolic OH excluding ortho intramolecular Hbond substituents is 2. The van der Waals surface area contributed by atoms with Crippen LogP contribution in [-0.4, -0.2) is 84.9 Å². The van der Waals surface area contributed by atoms with Gasteiger partial charge in [-0.3, -0.25) is 4.79 Å². The number of carbonyl (C=O) groups excluding carboxylic acids is 1. The lowest BCUT2D eigenvalue weighted by atomic mass is 9.93. The number of aromatic hydroxyl groups is 2. The molecule has 0 spiro atoms. The molecule has 0 amide bonds. The van der Waals surface area contributed by atoms with E-state index in [0.717, 1.165) is 6.07 Å². The van der Waals surface area contributed by atoms with E-state index in [1.807, 2.05) is 0 Å². The zero-order valence-electron chi connectivity index (χ0n) is 16.5. The van der Waals surface area contributed by atoms with Crippen molar-refractivity contribution in [2.24, 2.45) is 0 Å². The molecule has 7 atom stereocenters. The van der Waals surface area contributed by atoms with Crippen LogP contribution in [0.15, 0.2) is 36.4 Å². The molecular formula is C21H22O11. The third-order valence-corrected chi connectivity index (χ3v) is 5.43. The van der Waals surface area contributed by atoms with Crippen molar-refractivity contribution >= 4 is 5.78 Å². The highest BCUT2D eigenvalue weighted by molar-refractivity contribution is 6.05. The van der Waals surface area contributed by atoms with Gasteiger partial charge in [-0.2, -0.15) is 0 Å². The molecule has 2 heterocycles. The van der Waals surface area contributed by atoms with Gasteiger partial charge in [-0.25, -0.2) is 0 Å². The molecule has 4 rings (SSSR count). The predicted molar refractivity (Wildman–Crippen MR) is 104 cm³/mol. The van der Waals surface area contributed by atoms with Crippen molar-refractivity contribution in [3.63, 3.8) is 0 Å². The molecule has 2 aromatic carbocycles. The first-order chi connectivity index (χ1) is 15.2. The standard InChI is InChI=1S/C21H22O11/c22-7-13-15(25)17(27)19(29)21(32-13)30-10-5-11(24)14-12(6-10)31-20(18(28)16(14)26)8-1-3-9(23)4-2-8/h1-6,13,15,17-25,27-29H,7H2/t13-,15-,17+,18-,19+,20+,21-/m1/s1. The quantitative estimate of drug-likeness (QED) is 0.301. The van der Waals surface area contributed by atoms with E-state index in [0.29, 0.717) is 5.56 Å². The highest BCUT2D eigenvalue weighted by atomic mass is 16.7. The van der Waals surface area contributed by atoms with Gasteiger partial charge in [0.1, 0.15) is 53.0 Å². The van der Waals surface area contributed by atoms with Crippen molar-refractivity contribution in [3.8, 4) is 23.0 Å². The van der Waals surface area contributed by atoms with E-state index in [-0.39, 0.29) is 22.8 Å². The summed E-state index contributed by atoms with van der Waals surface area (Å²) < 4.78 is 16.5. The Morgan fingerprint density at radius 2 is 1.62 bits per heavy atom. The van der Waals surface area contributed by atoms with Crippen molar-refractivity contribution in [1.29, 1.82) is 0 Å². The van der Waals surface area contributed by atoms with E-state index < -0.39 is 61.1 Å². The number of aliphatic hydroxyl groups is 5. The molecule has 0 aromatic heterocycles. The Hall–Kier alpha value is -2.93. The Balaban J connectivity index is 1.63. The van der Waals surface area contributed by atoms with Gasteiger partial charge in [-0.15, -0.1) is 0 Å². The zero-order chi connectivity index (χ0) is 23.2. The van der Waals surface area contributed by atoms with Crippen molar-refractivity contribution in [2.75, 3.05) is 6.61 Å². The lowest BCUT2D eigenvalue weighted by Crippen LogP contribution is -2.60. The van der Waals surface area contributed by atoms with Crippen LogP contribution in [0.5, 0.6) is 23.0 Å². The smallest absolute Gasteiger partial charge is 0.229 e. The summed E-state index contributed by atoms with van der Waals surface area (Å²) in [6, 6.07) is 7.93. The van der Waals surface area contributed by atoms with Gasteiger partial charge < -0.3 is 50.0 Å². The number of ether oxygens (including phenoxy) is 3. The number of fused-ring (bicyclic) bond motifs is 1. The van der Waals surface area contributed by atoms with Crippen LogP contribution in [0.25, 0.3) is 0 Å². The van der Waals surface area contributed by atoms with Crippen molar-refractivity contribution in [1.82, 2.24) is 0 Å². The van der Waals surface area contributed by atoms with Gasteiger partial charge in [0.15, 0.2) is 12.2 Å². The molecule has 2 aliphatic heterocycles. The number of phenols is 2. The first-order valence-corrected chi connectivity index (χ1v) is 9.73. The van der Waals surface area contributed by atoms with Gasteiger partial charge in [0, 0.05) is 12.1 Å². The summed E-state index contributed by atoms with van der Waals surface area (Å²) in [4.78, 5) is 12.7. The number of ketones is 1. The molecule has 7 N–H and O–H groups in total. The van der Waals surface area contributed by atoms with Gasteiger partial charge in [0.25, 0.3) is 0 Å². The van der Waals surface area contributed by atoms with Crippen molar-refractivity contribution < 1.29 is 54.8 Å². The number of benzene rings is 2. The molecule has 1 fully saturated rings. The Kier molecular flexibility index (Phi) is 5.95. The Morgan fingerprint density at radius 1 is 0.938 bits per heavy atom. The largest absolute Gasteiger partial charge is 0.508 e. The molecule has 11 heteroatoms. The highest BCUT2D eigenvalue weighted by Crippen LogP contribution is 2.42. The molecule has 11 nitrogen and oxygen atoms in total. The van der Waals surface area contributed by atoms with E-state index in [2.05, 4.69) is 0 Å². The Labute approximate surface area is 181 Å². The second-order valence-corrected chi connectivity index (χ2v) is 7.57. The molecule has 0 unspecified atom stereocenters. The maximum absolute atomic E-state index is 12.7. The summed E-state index contributed by atoms with van der Waals surface area (Å²) in [5.74, 6) is -1.59. The molecule has 32 heavy (non-hydrogen) atoms. The third-order valence-electron chi connectivity index (χ3n) is 5.43. The fraction of sp³-hybridized carbons (Fsp3) is 0.381. The van der Waals surface area contributed by atoms with Crippen LogP contribution >= 0.6 is 0 Å². The summed E-state index contributed by atoms with van der Waals surface area (Å²) in [5.41, 5.74) is 0.128. The average Bonchev–Trinajstić information content (AvgIpc) is 2.77. The van der Waals surface area contributed by atoms with Crippen LogP contribution in [-0.2, 0) is 4.74 Å². The first kappa shape index (κ1) is 22.3. The molecule has 1 saturated heterocycles. The number of rotatable bonds is 4. The van der Waals surface area contributed by atoms with Gasteiger partial charge in [-0.05, 0) is 17.7 Å². The van der Waals surface area contributed by atoms with Gasteiger partial charge in [-0.1, -0.05) is 12.1 Å². The lowest BCUT2D eigenvalue weighted by molar-refractivity contribution is -0.277. The van der Waals surface area contributed by atoms with Crippen LogP contribution in [0.2, 0.25) is 0 Å². The number of aliphatic hydroxyl groups excluding tert-OH is 5. The average molecular weight is 450 g/mol. The molecule has 0 radical (unpaired) electrons. The summed E-state index contributed by atoms with van der Waals surface area (Å²) in [6.07, 6.45) is -10.4. The molecular weight excluding hydrogens is 428 g/mol. The van der Waals surface area contributed by atoms with E-state index >= 15 is 0 Å². The van der Waals surface area contributed by atoms with Gasteiger partial charge >= 0.3 is 0 Å². The number of carbonyl (C=O) groups is 1. The monoisotopic (exact) mass is 450 g/mol. The van der Waals surface area contributed by atoms with Crippen LogP contribution in [0, 0.1) is 0 Å². The minimum Gasteiger partial charge on any atom is -0.508 e. The Morgan fingerprint density at radius 3 is 2.28 bits per heavy atom. The number of hydrogen-bond donors (Lipinski definition) is 7. The summed E-state index contributed by atoms with van der Waals surface area (Å²) in [5, 5.41) is 69.4. The minimum atomic E-state index is -1.68. The predicted octanol–water partition coefficient (Wildman–Crippen LogP) is -1.05. The topological polar surface area (TPSA) is 186 Å². The Bertz CT molecular complexity index is 990. The fourth-order valence-corrected chi connectivity index (χ4v) is 3.68. The summed E-state index contributed by atoms with van der Waals surface area (Å²) >= 11 is 0. The van der Waals surface area contributed by atoms with Crippen molar-refractivity contribution in [2.45, 2.75) is 42.9 Å². The van der Waals surface area contributed by atoms with E-state index in [1.165, 1.54) is 30.3 Å². The second kappa shape index (κ2) is 8.54. The van der Waals surface area contributed by atoms with Crippen LogP contribution < -0.4 is 9.47 Å². The van der Waals surface area contributed by atoms with Gasteiger partial charge in [0.05, 0.1) is 6.61 Å². The third kappa shape index (κ3) is 3.86. The highest BCUT2D eigenvalue weighted by Gasteiger charge is 2.45. The molecule has 0 aliphatic carbocycles. The second-order valence-electron chi connectivity index (χ2n) is 7.57. The lowest BCUT2D eigenvalue weighted by Gasteiger charge is -2.39. The molecule has 2 aromatic rings. The van der Waals surface area contributed by atoms with E-state index in [9.17, 15) is 40.5 Å². The normalized spacial score (nSPS) is 32.2. The van der Waals surface area contributed by atoms with E-state index in [4.69, 9.17) is 14.2 Å². The van der Waals surface area contributed by atoms with Crippen LogP contribution in [0.4, 0.5) is 0 Å². The summed E-state index contributed by atoms with van der Waals surface area (Å²) in [7, 11) is 0. The molecule has 0 saturated carbocycles. The minimum absolute atomic E-state index is 0.0152. The molecule has 0 bridgehead atoms. The maximum atomic E-state index is 12.7. The zero-order valence-corrected chi connectivity index (χ0v) is 16.5. The summed E-state index contributed by atoms with van der Waals surface area (Å²) in [6.45, 7) is -0.649. The molecule has 2 aliphatic rings. The SMILES string of the molecule is O=C1c2c(O)cc(O[C@@H]3O[C@H](CO)[C@@H](O)[C@H](O)[C@@H]3O)cc2O[C@@H](c2ccc(O)cc2)[C@@H]1O. The number of Topliss-reactive ketones (excluding diaryl/α,β-unsaturated/α-hetero) is 1. The van der Waals surface area contributed by atoms with E-state index in [1.54, 1.807) is 0 Å². The van der Waals surface area contributed by atoms with Crippen LogP contribution in [0.3, 0.4) is 0 Å². The fourth-order valence-electron chi connectivity index (χ4n) is 3.68. The van der Waals surface area contributed by atoms with Crippen LogP contribution in [0.1, 0.15) is 22.0 Å².